The number of halogens is 1. The molecule has 1 radical (unpaired) electrons. The first-order valence-electron chi connectivity index (χ1n) is 2.58. The summed E-state index contributed by atoms with van der Waals surface area (Å²) in [5.74, 6) is 0. The predicted octanol–water partition coefficient (Wildman–Crippen LogP) is 2.11. The number of nitrogens with zero attached hydrogens (tertiary/aromatic N) is 1. The van der Waals surface area contributed by atoms with Crippen LogP contribution in [0, 0.1) is 6.07 Å². The van der Waals surface area contributed by atoms with E-state index in [1.54, 1.807) is 12.1 Å². The van der Waals surface area contributed by atoms with Gasteiger partial charge < -0.3 is 0 Å². The Morgan fingerprint density at radius 3 is 3.10 bits per heavy atom. The lowest BCUT2D eigenvalue weighted by Gasteiger charge is -1.87. The third kappa shape index (κ3) is 1.69. The van der Waals surface area contributed by atoms with Gasteiger partial charge in [-0.1, -0.05) is 17.7 Å². The van der Waals surface area contributed by atoms with Crippen LogP contribution in [0.2, 0.25) is 5.02 Å². The highest BCUT2D eigenvalue weighted by molar-refractivity contribution is 6.30. The van der Waals surface area contributed by atoms with E-state index in [0.29, 0.717) is 10.7 Å². The van der Waals surface area contributed by atoms with E-state index >= 15 is 0 Å². The maximum Gasteiger partial charge on any atom is 0.240 e. The summed E-state index contributed by atoms with van der Waals surface area (Å²) in [6, 6.07) is 7.46. The number of aliphatic imine (C=N–C) groups is 1. The molecule has 0 aliphatic carbocycles. The van der Waals surface area contributed by atoms with E-state index in [1.165, 1.54) is 12.1 Å². The molecular formula is C7H3ClNO. The maximum absolute atomic E-state index is 9.74. The Hall–Kier alpha value is -1.11. The van der Waals surface area contributed by atoms with Crippen LogP contribution in [-0.4, -0.2) is 6.08 Å². The minimum Gasteiger partial charge on any atom is -0.211 e. The van der Waals surface area contributed by atoms with Gasteiger partial charge in [-0.3, -0.25) is 0 Å². The molecule has 0 saturated heterocycles. The Bertz CT molecular complexity index is 279. The highest BCUT2D eigenvalue weighted by Crippen LogP contribution is 2.15. The predicted molar refractivity (Wildman–Crippen MR) is 38.1 cm³/mol. The quantitative estimate of drug-likeness (QED) is 0.448. The average Bonchev–Trinajstić information content (AvgIpc) is 1.88. The van der Waals surface area contributed by atoms with Crippen LogP contribution in [-0.2, 0) is 4.79 Å². The van der Waals surface area contributed by atoms with Crippen LogP contribution in [0.4, 0.5) is 5.69 Å². The second kappa shape index (κ2) is 3.16. The van der Waals surface area contributed by atoms with E-state index in [1.807, 2.05) is 0 Å². The summed E-state index contributed by atoms with van der Waals surface area (Å²) >= 11 is 5.54. The van der Waals surface area contributed by atoms with Crippen LogP contribution in [0.5, 0.6) is 0 Å². The fourth-order valence-electron chi connectivity index (χ4n) is 0.549. The SMILES string of the molecule is O=C=Nc1cc[c]c(Cl)c1. The molecule has 0 aliphatic heterocycles. The summed E-state index contributed by atoms with van der Waals surface area (Å²) in [5.41, 5.74) is 0.499. The molecule has 0 unspecified atom stereocenters. The van der Waals surface area contributed by atoms with Crippen molar-refractivity contribution in [3.8, 4) is 0 Å². The zero-order valence-electron chi connectivity index (χ0n) is 4.97. The van der Waals surface area contributed by atoms with Crippen LogP contribution in [0.15, 0.2) is 23.2 Å². The van der Waals surface area contributed by atoms with Gasteiger partial charge in [-0.2, -0.15) is 4.99 Å². The topological polar surface area (TPSA) is 29.4 Å². The molecule has 1 aromatic rings. The van der Waals surface area contributed by atoms with Gasteiger partial charge in [-0.25, -0.2) is 4.79 Å². The summed E-state index contributed by atoms with van der Waals surface area (Å²) in [6.07, 6.45) is 1.41. The summed E-state index contributed by atoms with van der Waals surface area (Å²) in [7, 11) is 0. The highest BCUT2D eigenvalue weighted by Gasteiger charge is 1.88. The standard InChI is InChI=1S/C7H3ClNO/c8-6-2-1-3-7(4-6)9-5-10/h1,3-4H. The van der Waals surface area contributed by atoms with Gasteiger partial charge in [-0.15, -0.1) is 0 Å². The molecule has 1 rings (SSSR count). The van der Waals surface area contributed by atoms with Gasteiger partial charge in [0.15, 0.2) is 0 Å². The first-order chi connectivity index (χ1) is 4.83. The first-order valence-corrected chi connectivity index (χ1v) is 2.96. The van der Waals surface area contributed by atoms with E-state index in [2.05, 4.69) is 11.1 Å². The molecule has 0 N–H and O–H groups in total. The minimum atomic E-state index is 0.441. The van der Waals surface area contributed by atoms with Crippen molar-refractivity contribution in [1.82, 2.24) is 0 Å². The van der Waals surface area contributed by atoms with Crippen molar-refractivity contribution in [2.24, 2.45) is 4.99 Å². The van der Waals surface area contributed by atoms with Crippen LogP contribution in [0.25, 0.3) is 0 Å². The zero-order valence-corrected chi connectivity index (χ0v) is 5.72. The third-order valence-corrected chi connectivity index (χ3v) is 1.14. The Labute approximate surface area is 63.2 Å². The molecule has 0 saturated carbocycles. The van der Waals surface area contributed by atoms with Crippen LogP contribution < -0.4 is 0 Å². The largest absolute Gasteiger partial charge is 0.240 e. The van der Waals surface area contributed by atoms with Crippen molar-refractivity contribution in [3.05, 3.63) is 29.3 Å². The normalized spacial score (nSPS) is 8.50. The Morgan fingerprint density at radius 1 is 1.70 bits per heavy atom. The lowest BCUT2D eigenvalue weighted by molar-refractivity contribution is 0.565. The van der Waals surface area contributed by atoms with E-state index in [9.17, 15) is 4.79 Å². The number of benzene rings is 1. The molecular weight excluding hydrogens is 150 g/mol. The molecule has 0 aromatic heterocycles. The smallest absolute Gasteiger partial charge is 0.211 e. The van der Waals surface area contributed by atoms with Gasteiger partial charge in [0.25, 0.3) is 0 Å². The molecule has 0 amide bonds. The van der Waals surface area contributed by atoms with Gasteiger partial charge in [0.2, 0.25) is 6.08 Å². The van der Waals surface area contributed by atoms with Crippen LogP contribution in [0.1, 0.15) is 0 Å². The van der Waals surface area contributed by atoms with Gasteiger partial charge >= 0.3 is 0 Å². The molecule has 3 heteroatoms. The first kappa shape index (κ1) is 7.00. The number of hydrogen-bond donors (Lipinski definition) is 0. The fraction of sp³-hybridized carbons (Fsp3) is 0. The number of isocyanates is 1. The maximum atomic E-state index is 9.74. The van der Waals surface area contributed by atoms with E-state index in [-0.39, 0.29) is 0 Å². The van der Waals surface area contributed by atoms with Gasteiger partial charge in [-0.05, 0) is 12.1 Å². The summed E-state index contributed by atoms with van der Waals surface area (Å²) < 4.78 is 0. The second-order valence-corrected chi connectivity index (χ2v) is 2.01. The molecule has 0 fully saturated rings. The molecule has 49 valence electrons. The second-order valence-electron chi connectivity index (χ2n) is 1.60. The summed E-state index contributed by atoms with van der Waals surface area (Å²) in [6.45, 7) is 0. The van der Waals surface area contributed by atoms with Gasteiger partial charge in [0.1, 0.15) is 0 Å². The average molecular weight is 153 g/mol. The van der Waals surface area contributed by atoms with E-state index < -0.39 is 0 Å². The molecule has 0 atom stereocenters. The fourth-order valence-corrected chi connectivity index (χ4v) is 0.723. The van der Waals surface area contributed by atoms with Crippen LogP contribution in [0.3, 0.4) is 0 Å². The van der Waals surface area contributed by atoms with Crippen molar-refractivity contribution in [3.63, 3.8) is 0 Å². The van der Waals surface area contributed by atoms with E-state index in [0.717, 1.165) is 0 Å². The summed E-state index contributed by atoms with van der Waals surface area (Å²) in [5, 5.41) is 0.441. The molecule has 0 bridgehead atoms. The van der Waals surface area contributed by atoms with Crippen molar-refractivity contribution < 1.29 is 4.79 Å². The van der Waals surface area contributed by atoms with Crippen molar-refractivity contribution >= 4 is 23.4 Å². The molecule has 2 nitrogen and oxygen atoms in total. The third-order valence-electron chi connectivity index (χ3n) is 0.925. The van der Waals surface area contributed by atoms with Crippen LogP contribution >= 0.6 is 11.6 Å². The van der Waals surface area contributed by atoms with Crippen molar-refractivity contribution in [1.29, 1.82) is 0 Å². The van der Waals surface area contributed by atoms with Crippen molar-refractivity contribution in [2.75, 3.05) is 0 Å². The lowest BCUT2D eigenvalue weighted by Crippen LogP contribution is -1.64. The lowest BCUT2D eigenvalue weighted by atomic mass is 10.3. The highest BCUT2D eigenvalue weighted by atomic mass is 35.5. The Balaban J connectivity index is 3.06. The number of rotatable bonds is 1. The summed E-state index contributed by atoms with van der Waals surface area (Å²) in [4.78, 5) is 13.1. The monoisotopic (exact) mass is 152 g/mol. The van der Waals surface area contributed by atoms with Gasteiger partial charge in [0, 0.05) is 6.07 Å². The molecule has 1 aromatic carbocycles. The van der Waals surface area contributed by atoms with Gasteiger partial charge in [0.05, 0.1) is 10.7 Å². The van der Waals surface area contributed by atoms with E-state index in [4.69, 9.17) is 11.6 Å². The molecule has 0 heterocycles. The molecule has 0 aliphatic rings. The number of hydrogen-bond acceptors (Lipinski definition) is 2. The van der Waals surface area contributed by atoms with Crippen molar-refractivity contribution in [2.45, 2.75) is 0 Å². The minimum absolute atomic E-state index is 0.441. The molecule has 0 spiro atoms. The molecule has 10 heavy (non-hydrogen) atoms. The Kier molecular flexibility index (Phi) is 2.21. The Morgan fingerprint density at radius 2 is 2.50 bits per heavy atom. The zero-order chi connectivity index (χ0) is 7.40. The number of carbonyl (C=O) groups excluding carboxylic acids is 1.